The van der Waals surface area contributed by atoms with E-state index in [4.69, 9.17) is 4.55 Å². The molecular weight excluding hydrogens is 519 g/mol. The van der Waals surface area contributed by atoms with Gasteiger partial charge in [-0.2, -0.15) is 8.42 Å². The molecule has 3 rings (SSSR count). The van der Waals surface area contributed by atoms with E-state index in [1.807, 2.05) is 0 Å². The average Bonchev–Trinajstić information content (AvgIpc) is 3.23. The van der Waals surface area contributed by atoms with Gasteiger partial charge in [-0.15, -0.1) is 0 Å². The molecular formula is C34H55O3PS. The Morgan fingerprint density at radius 1 is 0.821 bits per heavy atom. The van der Waals surface area contributed by atoms with Gasteiger partial charge in [0, 0.05) is 0 Å². The maximum atomic E-state index is 9.19. The average molecular weight is 575 g/mol. The van der Waals surface area contributed by atoms with Crippen LogP contribution in [0.4, 0.5) is 0 Å². The lowest BCUT2D eigenvalue weighted by molar-refractivity contribution is 0.180. The Kier molecular flexibility index (Phi) is 11.1. The largest absolute Gasteiger partial charge is 0.286 e. The molecule has 39 heavy (non-hydrogen) atoms. The van der Waals surface area contributed by atoms with E-state index < -0.39 is 10.1 Å². The molecule has 0 spiro atoms. The second-order valence-corrected chi connectivity index (χ2v) is 18.4. The second-order valence-electron chi connectivity index (χ2n) is 14.6. The summed E-state index contributed by atoms with van der Waals surface area (Å²) in [6.45, 7) is 29.1. The first-order chi connectivity index (χ1) is 17.6. The van der Waals surface area contributed by atoms with Crippen LogP contribution >= 0.6 is 7.92 Å². The highest BCUT2D eigenvalue weighted by Gasteiger charge is 2.48. The molecule has 0 saturated carbocycles. The Morgan fingerprint density at radius 3 is 1.67 bits per heavy atom. The third-order valence-electron chi connectivity index (χ3n) is 8.01. The highest BCUT2D eigenvalue weighted by atomic mass is 32.2. The number of hydrogen-bond acceptors (Lipinski definition) is 2. The van der Waals surface area contributed by atoms with E-state index in [0.29, 0.717) is 34.8 Å². The first kappa shape index (κ1) is 34.0. The number of hydrogen-bond donors (Lipinski definition) is 1. The summed E-state index contributed by atoms with van der Waals surface area (Å²) >= 11 is 0. The molecule has 220 valence electrons. The van der Waals surface area contributed by atoms with Crippen molar-refractivity contribution in [3.63, 3.8) is 0 Å². The predicted molar refractivity (Wildman–Crippen MR) is 174 cm³/mol. The lowest BCUT2D eigenvalue weighted by Gasteiger charge is -2.42. The van der Waals surface area contributed by atoms with Crippen molar-refractivity contribution < 1.29 is 13.0 Å². The van der Waals surface area contributed by atoms with Gasteiger partial charge in [-0.25, -0.2) is 0 Å². The smallest absolute Gasteiger partial charge is 0.261 e. The molecule has 2 aromatic carbocycles. The molecule has 3 unspecified atom stereocenters. The SMILES string of the molecule is CC(C)c1cc(C(C)C)c(-c2ccccc2P2CCC(C(C)(C)C)C2C(C)(C)C)c(C(C)C)c1.CS(=O)(=O)O. The minimum absolute atomic E-state index is 0.223. The van der Waals surface area contributed by atoms with Crippen molar-refractivity contribution in [3.05, 3.63) is 53.1 Å². The number of benzene rings is 2. The first-order valence-electron chi connectivity index (χ1n) is 14.6. The lowest BCUT2D eigenvalue weighted by atomic mass is 9.71. The van der Waals surface area contributed by atoms with E-state index in [1.54, 1.807) is 10.9 Å². The van der Waals surface area contributed by atoms with Crippen molar-refractivity contribution in [2.75, 3.05) is 12.4 Å². The van der Waals surface area contributed by atoms with Crippen LogP contribution in [0, 0.1) is 16.7 Å². The van der Waals surface area contributed by atoms with Crippen molar-refractivity contribution in [1.29, 1.82) is 0 Å². The number of rotatable bonds is 5. The Morgan fingerprint density at radius 2 is 1.28 bits per heavy atom. The summed E-state index contributed by atoms with van der Waals surface area (Å²) < 4.78 is 25.9. The normalized spacial score (nSPS) is 20.5. The molecule has 0 bridgehead atoms. The van der Waals surface area contributed by atoms with Crippen LogP contribution in [0.5, 0.6) is 0 Å². The van der Waals surface area contributed by atoms with Gasteiger partial charge in [0.15, 0.2) is 0 Å². The molecule has 1 aliphatic rings. The zero-order valence-corrected chi connectivity index (χ0v) is 28.6. The molecule has 1 aliphatic heterocycles. The summed E-state index contributed by atoms with van der Waals surface area (Å²) in [6, 6.07) is 14.6. The molecule has 1 saturated heterocycles. The van der Waals surface area contributed by atoms with E-state index in [2.05, 4.69) is 119 Å². The molecule has 0 radical (unpaired) electrons. The van der Waals surface area contributed by atoms with Gasteiger partial charge in [0.05, 0.1) is 6.26 Å². The van der Waals surface area contributed by atoms with Crippen LogP contribution in [0.2, 0.25) is 0 Å². The van der Waals surface area contributed by atoms with E-state index in [9.17, 15) is 8.42 Å². The predicted octanol–water partition coefficient (Wildman–Crippen LogP) is 9.82. The van der Waals surface area contributed by atoms with Gasteiger partial charge < -0.3 is 0 Å². The minimum Gasteiger partial charge on any atom is -0.286 e. The molecule has 3 nitrogen and oxygen atoms in total. The fourth-order valence-corrected chi connectivity index (χ4v) is 10.4. The summed E-state index contributed by atoms with van der Waals surface area (Å²) in [5, 5.41) is 1.66. The molecule has 0 aliphatic carbocycles. The van der Waals surface area contributed by atoms with E-state index in [-0.39, 0.29) is 7.92 Å². The summed E-state index contributed by atoms with van der Waals surface area (Å²) in [4.78, 5) is 0. The van der Waals surface area contributed by atoms with Gasteiger partial charge in [0.25, 0.3) is 10.1 Å². The van der Waals surface area contributed by atoms with Gasteiger partial charge in [-0.1, -0.05) is 127 Å². The van der Waals surface area contributed by atoms with Crippen molar-refractivity contribution in [2.24, 2.45) is 16.7 Å². The van der Waals surface area contributed by atoms with Gasteiger partial charge in [-0.3, -0.25) is 4.55 Å². The van der Waals surface area contributed by atoms with Crippen molar-refractivity contribution in [3.8, 4) is 11.1 Å². The first-order valence-corrected chi connectivity index (χ1v) is 18.0. The molecule has 1 heterocycles. The Hall–Kier alpha value is -1.22. The molecule has 0 aromatic heterocycles. The van der Waals surface area contributed by atoms with Crippen LogP contribution < -0.4 is 5.30 Å². The molecule has 0 amide bonds. The summed E-state index contributed by atoms with van der Waals surface area (Å²) in [6.07, 6.45) is 3.45. The fourth-order valence-electron chi connectivity index (χ4n) is 6.24. The van der Waals surface area contributed by atoms with Crippen molar-refractivity contribution in [1.82, 2.24) is 0 Å². The summed E-state index contributed by atoms with van der Waals surface area (Å²) in [5.41, 5.74) is 9.06. The van der Waals surface area contributed by atoms with E-state index in [0.717, 1.165) is 11.6 Å². The monoisotopic (exact) mass is 574 g/mol. The van der Waals surface area contributed by atoms with Crippen LogP contribution in [0.1, 0.15) is 124 Å². The van der Waals surface area contributed by atoms with Crippen LogP contribution in [-0.2, 0) is 10.1 Å². The van der Waals surface area contributed by atoms with E-state index >= 15 is 0 Å². The molecule has 1 fully saturated rings. The van der Waals surface area contributed by atoms with Gasteiger partial charge >= 0.3 is 0 Å². The van der Waals surface area contributed by atoms with Crippen LogP contribution in [-0.4, -0.2) is 31.0 Å². The molecule has 3 atom stereocenters. The maximum Gasteiger partial charge on any atom is 0.261 e. The molecule has 2 aromatic rings. The zero-order chi connectivity index (χ0) is 30.1. The Bertz CT molecular complexity index is 1180. The lowest BCUT2D eigenvalue weighted by Crippen LogP contribution is -2.37. The Labute approximate surface area is 242 Å². The van der Waals surface area contributed by atoms with E-state index in [1.165, 1.54) is 34.8 Å². The fraction of sp³-hybridized carbons (Fsp3) is 0.647. The van der Waals surface area contributed by atoms with Crippen LogP contribution in [0.25, 0.3) is 11.1 Å². The van der Waals surface area contributed by atoms with Crippen molar-refractivity contribution >= 4 is 23.3 Å². The summed E-state index contributed by atoms with van der Waals surface area (Å²) in [5.74, 6) is 2.35. The van der Waals surface area contributed by atoms with Crippen LogP contribution in [0.3, 0.4) is 0 Å². The standard InChI is InChI=1S/C33H51P.CH4O3S/c1-21(2)24-19-26(22(3)4)30(27(20-24)23(5)6)25-15-13-14-16-29(25)34-18-17-28(32(7,8)9)31(34)33(10,11)12;1-5(2,3)4/h13-16,19-23,28,31H,17-18H2,1-12H3;1H3,(H,2,3,4). The minimum atomic E-state index is -3.67. The highest BCUT2D eigenvalue weighted by molar-refractivity contribution is 7.85. The topological polar surface area (TPSA) is 54.4 Å². The molecule has 1 N–H and O–H groups in total. The van der Waals surface area contributed by atoms with Gasteiger partial charge in [0.2, 0.25) is 0 Å². The van der Waals surface area contributed by atoms with Crippen LogP contribution in [0.15, 0.2) is 36.4 Å². The maximum absolute atomic E-state index is 9.19. The third-order valence-corrected chi connectivity index (χ3v) is 11.6. The quantitative estimate of drug-likeness (QED) is 0.286. The second kappa shape index (κ2) is 12.7. The Balaban J connectivity index is 0.000000976. The molecule has 5 heteroatoms. The summed E-state index contributed by atoms with van der Waals surface area (Å²) in [7, 11) is -3.89. The zero-order valence-electron chi connectivity index (χ0n) is 26.9. The van der Waals surface area contributed by atoms with Gasteiger partial charge in [0.1, 0.15) is 0 Å². The third kappa shape index (κ3) is 8.88. The highest BCUT2D eigenvalue weighted by Crippen LogP contribution is 2.63. The van der Waals surface area contributed by atoms with Crippen molar-refractivity contribution in [2.45, 2.75) is 113 Å². The van der Waals surface area contributed by atoms with Gasteiger partial charge in [-0.05, 0) is 85.9 Å².